The molecule has 0 unspecified atom stereocenters. The minimum atomic E-state index is -0.0629. The summed E-state index contributed by atoms with van der Waals surface area (Å²) in [7, 11) is 0. The van der Waals surface area contributed by atoms with Gasteiger partial charge in [0.05, 0.1) is 11.3 Å². The zero-order chi connectivity index (χ0) is 17.4. The van der Waals surface area contributed by atoms with Gasteiger partial charge >= 0.3 is 0 Å². The van der Waals surface area contributed by atoms with Crippen molar-refractivity contribution in [3.63, 3.8) is 0 Å². The summed E-state index contributed by atoms with van der Waals surface area (Å²) in [5.74, 6) is 1.93. The first kappa shape index (κ1) is 15.7. The van der Waals surface area contributed by atoms with E-state index in [0.717, 1.165) is 48.5 Å². The molecule has 1 aliphatic heterocycles. The summed E-state index contributed by atoms with van der Waals surface area (Å²) in [5.41, 5.74) is 2.56. The van der Waals surface area contributed by atoms with Crippen molar-refractivity contribution < 1.29 is 0 Å². The molecule has 0 fully saturated rings. The highest BCUT2D eigenvalue weighted by atomic mass is 16.1. The Bertz CT molecular complexity index is 1020. The van der Waals surface area contributed by atoms with E-state index in [0.29, 0.717) is 18.0 Å². The molecule has 1 aliphatic rings. The lowest BCUT2D eigenvalue weighted by Crippen LogP contribution is -2.23. The lowest BCUT2D eigenvalue weighted by Gasteiger charge is -2.12. The van der Waals surface area contributed by atoms with Gasteiger partial charge in [0.25, 0.3) is 5.56 Å². The number of unbranched alkanes of at least 4 members (excludes halogenated alkanes) is 2. The minimum absolute atomic E-state index is 0.0629. The van der Waals surface area contributed by atoms with Crippen LogP contribution in [0.25, 0.3) is 5.78 Å². The van der Waals surface area contributed by atoms with Crippen LogP contribution < -0.4 is 5.56 Å². The summed E-state index contributed by atoms with van der Waals surface area (Å²) >= 11 is 0. The summed E-state index contributed by atoms with van der Waals surface area (Å²) < 4.78 is 3.65. The topological polar surface area (TPSA) is 77.4 Å². The Morgan fingerprint density at radius 2 is 1.96 bits per heavy atom. The fraction of sp³-hybridized carbons (Fsp3) is 0.389. The van der Waals surface area contributed by atoms with Crippen molar-refractivity contribution in [3.05, 3.63) is 51.8 Å². The molecule has 3 aromatic heterocycles. The van der Waals surface area contributed by atoms with E-state index >= 15 is 0 Å². The third-order valence-corrected chi connectivity index (χ3v) is 4.62. The van der Waals surface area contributed by atoms with Crippen LogP contribution >= 0.6 is 0 Å². The van der Waals surface area contributed by atoms with Crippen molar-refractivity contribution >= 4 is 17.3 Å². The Kier molecular flexibility index (Phi) is 3.91. The summed E-state index contributed by atoms with van der Waals surface area (Å²) in [4.78, 5) is 21.8. The van der Waals surface area contributed by atoms with Crippen LogP contribution in [0, 0.1) is 6.92 Å². The van der Waals surface area contributed by atoms with Gasteiger partial charge in [0.2, 0.25) is 5.78 Å². The lowest BCUT2D eigenvalue weighted by atomic mass is 10.1. The van der Waals surface area contributed by atoms with Gasteiger partial charge in [-0.25, -0.2) is 9.39 Å². The van der Waals surface area contributed by atoms with Gasteiger partial charge in [-0.1, -0.05) is 19.8 Å². The minimum Gasteiger partial charge on any atom is -0.294 e. The highest BCUT2D eigenvalue weighted by Crippen LogP contribution is 2.28. The van der Waals surface area contributed by atoms with Crippen LogP contribution in [0.15, 0.2) is 34.3 Å². The third kappa shape index (κ3) is 2.56. The van der Waals surface area contributed by atoms with Gasteiger partial charge in [-0.15, -0.1) is 10.2 Å². The Labute approximate surface area is 145 Å². The summed E-state index contributed by atoms with van der Waals surface area (Å²) in [6, 6.07) is 3.85. The standard InChI is InChI=1S/C18H20N6O/c1-3-4-5-10-23-16-14(17(25)24-12(2)21-22-18(23)24)11-15(20-16)13-6-8-19-9-7-13/h6-9H,3-5,10-11H2,1-2H3. The van der Waals surface area contributed by atoms with Crippen molar-refractivity contribution in [3.8, 4) is 0 Å². The smallest absolute Gasteiger partial charge is 0.266 e. The molecule has 7 heteroatoms. The maximum Gasteiger partial charge on any atom is 0.266 e. The summed E-state index contributed by atoms with van der Waals surface area (Å²) in [6.07, 6.45) is 7.30. The second kappa shape index (κ2) is 6.23. The van der Waals surface area contributed by atoms with Crippen molar-refractivity contribution in [1.29, 1.82) is 0 Å². The molecule has 0 amide bonds. The normalized spacial score (nSPS) is 13.3. The number of aromatic nitrogens is 5. The molecule has 0 aliphatic carbocycles. The zero-order valence-corrected chi connectivity index (χ0v) is 14.4. The molecule has 25 heavy (non-hydrogen) atoms. The predicted octanol–water partition coefficient (Wildman–Crippen LogP) is 2.46. The molecule has 4 rings (SSSR count). The van der Waals surface area contributed by atoms with E-state index in [1.54, 1.807) is 16.8 Å². The average Bonchev–Trinajstić information content (AvgIpc) is 3.24. The highest BCUT2D eigenvalue weighted by Gasteiger charge is 2.26. The summed E-state index contributed by atoms with van der Waals surface area (Å²) in [5, 5.41) is 8.33. The van der Waals surface area contributed by atoms with E-state index in [4.69, 9.17) is 4.99 Å². The largest absolute Gasteiger partial charge is 0.294 e. The van der Waals surface area contributed by atoms with Gasteiger partial charge in [0, 0.05) is 25.4 Å². The molecule has 7 nitrogen and oxygen atoms in total. The molecule has 0 spiro atoms. The zero-order valence-electron chi connectivity index (χ0n) is 14.4. The predicted molar refractivity (Wildman–Crippen MR) is 95.6 cm³/mol. The van der Waals surface area contributed by atoms with E-state index in [2.05, 4.69) is 22.1 Å². The van der Waals surface area contributed by atoms with Crippen LogP contribution in [0.1, 0.15) is 43.1 Å². The molecule has 0 atom stereocenters. The fourth-order valence-corrected chi connectivity index (χ4v) is 3.31. The number of nitrogens with zero attached hydrogens (tertiary/aromatic N) is 6. The van der Waals surface area contributed by atoms with Gasteiger partial charge in [-0.2, -0.15) is 0 Å². The van der Waals surface area contributed by atoms with Gasteiger partial charge in [-0.3, -0.25) is 14.3 Å². The van der Waals surface area contributed by atoms with E-state index in [1.165, 1.54) is 0 Å². The molecule has 0 radical (unpaired) electrons. The first-order valence-corrected chi connectivity index (χ1v) is 8.66. The summed E-state index contributed by atoms with van der Waals surface area (Å²) in [6.45, 7) is 4.77. The Morgan fingerprint density at radius 1 is 1.16 bits per heavy atom. The monoisotopic (exact) mass is 336 g/mol. The first-order chi connectivity index (χ1) is 12.2. The van der Waals surface area contributed by atoms with Gasteiger partial charge < -0.3 is 0 Å². The van der Waals surface area contributed by atoms with Crippen LogP contribution in [0.2, 0.25) is 0 Å². The maximum absolute atomic E-state index is 12.9. The van der Waals surface area contributed by atoms with Gasteiger partial charge in [0.1, 0.15) is 11.6 Å². The maximum atomic E-state index is 12.9. The van der Waals surface area contributed by atoms with Crippen LogP contribution in [-0.2, 0) is 13.0 Å². The fourth-order valence-electron chi connectivity index (χ4n) is 3.31. The number of aliphatic imine (C=N–C) groups is 1. The second-order valence-electron chi connectivity index (χ2n) is 6.32. The van der Waals surface area contributed by atoms with Crippen molar-refractivity contribution in [1.82, 2.24) is 24.1 Å². The van der Waals surface area contributed by atoms with Crippen LogP contribution in [-0.4, -0.2) is 29.9 Å². The van der Waals surface area contributed by atoms with E-state index in [9.17, 15) is 4.79 Å². The number of hydrogen-bond donors (Lipinski definition) is 0. The van der Waals surface area contributed by atoms with Crippen LogP contribution in [0.4, 0.5) is 5.82 Å². The van der Waals surface area contributed by atoms with E-state index in [1.807, 2.05) is 23.6 Å². The molecule has 0 N–H and O–H groups in total. The molecular weight excluding hydrogens is 316 g/mol. The lowest BCUT2D eigenvalue weighted by molar-refractivity contribution is 0.602. The molecule has 0 aromatic carbocycles. The van der Waals surface area contributed by atoms with Crippen molar-refractivity contribution in [2.75, 3.05) is 0 Å². The number of fused-ring (bicyclic) bond motifs is 2. The third-order valence-electron chi connectivity index (χ3n) is 4.62. The Hall–Kier alpha value is -2.83. The highest BCUT2D eigenvalue weighted by molar-refractivity contribution is 6.06. The number of rotatable bonds is 5. The number of hydrogen-bond acceptors (Lipinski definition) is 5. The molecule has 0 saturated carbocycles. The van der Waals surface area contributed by atoms with Crippen LogP contribution in [0.3, 0.4) is 0 Å². The van der Waals surface area contributed by atoms with E-state index in [-0.39, 0.29) is 5.56 Å². The molecule has 4 heterocycles. The molecular formula is C18H20N6O. The Balaban J connectivity index is 1.88. The van der Waals surface area contributed by atoms with E-state index < -0.39 is 0 Å². The quantitative estimate of drug-likeness (QED) is 0.671. The Morgan fingerprint density at radius 3 is 2.72 bits per heavy atom. The second-order valence-corrected chi connectivity index (χ2v) is 6.32. The molecule has 3 aromatic rings. The molecule has 0 bridgehead atoms. The van der Waals surface area contributed by atoms with Crippen molar-refractivity contribution in [2.24, 2.45) is 4.99 Å². The molecule has 0 saturated heterocycles. The van der Waals surface area contributed by atoms with Gasteiger partial charge in [0.15, 0.2) is 0 Å². The molecule has 128 valence electrons. The average molecular weight is 336 g/mol. The SMILES string of the molecule is CCCCCn1c2c(c(=O)n3c(C)nnc13)CC(c1ccncc1)=N2. The number of aryl methyl sites for hydroxylation is 2. The van der Waals surface area contributed by atoms with Gasteiger partial charge in [-0.05, 0) is 31.0 Å². The van der Waals surface area contributed by atoms with Crippen molar-refractivity contribution in [2.45, 2.75) is 46.1 Å². The van der Waals surface area contributed by atoms with Crippen LogP contribution in [0.5, 0.6) is 0 Å². The number of pyridine rings is 1. The first-order valence-electron chi connectivity index (χ1n) is 8.66.